The van der Waals surface area contributed by atoms with Gasteiger partial charge in [-0.25, -0.2) is 15.0 Å². The number of nitrogens with zero attached hydrogens (tertiary/aromatic N) is 6. The van der Waals surface area contributed by atoms with E-state index in [2.05, 4.69) is 84.5 Å². The summed E-state index contributed by atoms with van der Waals surface area (Å²) in [6, 6.07) is 55.3. The SMILES string of the molecule is [Ir].c1ccc(-c2cccc3nccc(-c4cnco4)c23)cc1.c1ccc(-c2cccc3nccc(-c4cnco4)c23)cc1.c1ccc(-c2cccc3nccc(-c4cnco4)c23)cc1. The Morgan fingerprint density at radius 2 is 0.578 bits per heavy atom. The average Bonchev–Trinajstić information content (AvgIpc) is 4.21. The first-order chi connectivity index (χ1) is 31.3. The van der Waals surface area contributed by atoms with Crippen molar-refractivity contribution < 1.29 is 33.4 Å². The number of pyridine rings is 3. The number of hydrogen-bond donors (Lipinski definition) is 0. The Balaban J connectivity index is 0.000000121. The molecule has 0 N–H and O–H groups in total. The van der Waals surface area contributed by atoms with Crippen molar-refractivity contribution in [3.05, 3.63) is 220 Å². The molecule has 0 aliphatic carbocycles. The van der Waals surface area contributed by atoms with Gasteiger partial charge in [-0.1, -0.05) is 127 Å². The first kappa shape index (κ1) is 41.2. The topological polar surface area (TPSA) is 117 Å². The van der Waals surface area contributed by atoms with Crippen LogP contribution in [-0.2, 0) is 20.1 Å². The Labute approximate surface area is 381 Å². The third-order valence-electron chi connectivity index (χ3n) is 10.6. The molecular weight excluding hydrogens is 973 g/mol. The summed E-state index contributed by atoms with van der Waals surface area (Å²) in [6.07, 6.45) is 15.0. The van der Waals surface area contributed by atoms with E-state index in [9.17, 15) is 0 Å². The molecule has 0 saturated carbocycles. The molecule has 10 heteroatoms. The van der Waals surface area contributed by atoms with E-state index in [1.165, 1.54) is 19.2 Å². The Hall–Kier alpha value is -8.17. The predicted molar refractivity (Wildman–Crippen MR) is 248 cm³/mol. The minimum absolute atomic E-state index is 0. The summed E-state index contributed by atoms with van der Waals surface area (Å²) in [5.74, 6) is 2.27. The van der Waals surface area contributed by atoms with Crippen LogP contribution in [0.2, 0.25) is 0 Å². The van der Waals surface area contributed by atoms with Crippen molar-refractivity contribution in [3.63, 3.8) is 0 Å². The molecule has 0 fully saturated rings. The fraction of sp³-hybridized carbons (Fsp3) is 0. The summed E-state index contributed by atoms with van der Waals surface area (Å²) >= 11 is 0. The van der Waals surface area contributed by atoms with Gasteiger partial charge in [0.1, 0.15) is 0 Å². The summed E-state index contributed by atoms with van der Waals surface area (Å²) < 4.78 is 16.4. The molecule has 0 spiro atoms. The van der Waals surface area contributed by atoms with Crippen LogP contribution in [0.25, 0.3) is 100 Å². The molecule has 0 amide bonds. The number of benzene rings is 6. The molecule has 0 bridgehead atoms. The molecule has 6 aromatic heterocycles. The van der Waals surface area contributed by atoms with Crippen molar-refractivity contribution in [1.29, 1.82) is 0 Å². The van der Waals surface area contributed by atoms with Gasteiger partial charge in [0.25, 0.3) is 0 Å². The zero-order valence-corrected chi connectivity index (χ0v) is 36.4. The van der Waals surface area contributed by atoms with E-state index in [-0.39, 0.29) is 20.1 Å². The molecule has 0 saturated heterocycles. The molecule has 309 valence electrons. The molecule has 64 heavy (non-hydrogen) atoms. The second-order valence-electron chi connectivity index (χ2n) is 14.4. The number of hydrogen-bond acceptors (Lipinski definition) is 9. The van der Waals surface area contributed by atoms with Gasteiger partial charge in [0, 0.05) is 71.5 Å². The quantitative estimate of drug-likeness (QED) is 0.160. The van der Waals surface area contributed by atoms with Crippen molar-refractivity contribution in [1.82, 2.24) is 29.9 Å². The minimum atomic E-state index is 0. The summed E-state index contributed by atoms with van der Waals surface area (Å²) in [5, 5.41) is 3.26. The molecule has 9 nitrogen and oxygen atoms in total. The number of aromatic nitrogens is 6. The van der Waals surface area contributed by atoms with Gasteiger partial charge in [0.15, 0.2) is 36.5 Å². The molecule has 0 atom stereocenters. The first-order valence-electron chi connectivity index (χ1n) is 20.3. The fourth-order valence-corrected chi connectivity index (χ4v) is 7.86. The van der Waals surface area contributed by atoms with Gasteiger partial charge < -0.3 is 13.3 Å². The number of rotatable bonds is 6. The van der Waals surface area contributed by atoms with Crippen LogP contribution in [0.4, 0.5) is 0 Å². The zero-order valence-electron chi connectivity index (χ0n) is 34.0. The van der Waals surface area contributed by atoms with E-state index in [0.29, 0.717) is 0 Å². The van der Waals surface area contributed by atoms with Crippen LogP contribution in [0, 0.1) is 0 Å². The van der Waals surface area contributed by atoms with Crippen molar-refractivity contribution in [2.45, 2.75) is 0 Å². The Bertz CT molecular complexity index is 3010. The minimum Gasteiger partial charge on any atom is -0.443 e. The van der Waals surface area contributed by atoms with Crippen LogP contribution < -0.4 is 0 Å². The zero-order chi connectivity index (χ0) is 42.2. The first-order valence-corrected chi connectivity index (χ1v) is 20.3. The van der Waals surface area contributed by atoms with Gasteiger partial charge in [-0.15, -0.1) is 0 Å². The maximum Gasteiger partial charge on any atom is 0.181 e. The third kappa shape index (κ3) is 8.51. The van der Waals surface area contributed by atoms with Crippen molar-refractivity contribution in [2.24, 2.45) is 0 Å². The standard InChI is InChI=1S/3C18H12N2O.Ir/c3*1-2-5-13(6-3-1)14-7-4-8-16-18(14)15(9-10-20-16)17-11-19-12-21-17;/h3*1-12H;. The van der Waals surface area contributed by atoms with Crippen LogP contribution in [0.1, 0.15) is 0 Å². The van der Waals surface area contributed by atoms with Crippen molar-refractivity contribution in [2.75, 3.05) is 0 Å². The molecule has 0 aliphatic rings. The average molecular weight is 1010 g/mol. The predicted octanol–water partition coefficient (Wildman–Crippen LogP) is 13.7. The molecular formula is C54H36IrN6O3. The van der Waals surface area contributed by atoms with E-state index < -0.39 is 0 Å². The summed E-state index contributed by atoms with van der Waals surface area (Å²) in [4.78, 5) is 25.5. The third-order valence-corrected chi connectivity index (χ3v) is 10.6. The normalized spacial score (nSPS) is 10.7. The molecule has 1 radical (unpaired) electrons. The van der Waals surface area contributed by atoms with Crippen molar-refractivity contribution >= 4 is 32.7 Å². The molecule has 6 aromatic carbocycles. The monoisotopic (exact) mass is 1010 g/mol. The number of oxazole rings is 3. The van der Waals surface area contributed by atoms with Gasteiger partial charge in [0.2, 0.25) is 0 Å². The number of fused-ring (bicyclic) bond motifs is 3. The molecule has 6 heterocycles. The van der Waals surface area contributed by atoms with Crippen molar-refractivity contribution in [3.8, 4) is 67.4 Å². The van der Waals surface area contributed by atoms with E-state index in [1.54, 1.807) is 37.2 Å². The fourth-order valence-electron chi connectivity index (χ4n) is 7.86. The molecule has 0 unspecified atom stereocenters. The Morgan fingerprint density at radius 3 is 0.844 bits per heavy atom. The van der Waals surface area contributed by atoms with E-state index in [4.69, 9.17) is 13.3 Å². The molecule has 12 aromatic rings. The second kappa shape index (κ2) is 19.3. The van der Waals surface area contributed by atoms with Crippen LogP contribution in [0.3, 0.4) is 0 Å². The Kier molecular flexibility index (Phi) is 12.4. The molecule has 0 aliphatic heterocycles. The van der Waals surface area contributed by atoms with E-state index in [1.807, 2.05) is 109 Å². The molecule has 12 rings (SSSR count). The van der Waals surface area contributed by atoms with Crippen LogP contribution in [0.15, 0.2) is 233 Å². The maximum atomic E-state index is 5.48. The summed E-state index contributed by atoms with van der Waals surface area (Å²) in [6.45, 7) is 0. The maximum absolute atomic E-state index is 5.48. The van der Waals surface area contributed by atoms with Gasteiger partial charge in [0.05, 0.1) is 35.1 Å². The van der Waals surface area contributed by atoms with Gasteiger partial charge in [-0.2, -0.15) is 0 Å². The van der Waals surface area contributed by atoms with Gasteiger partial charge >= 0.3 is 0 Å². The van der Waals surface area contributed by atoms with Crippen LogP contribution >= 0.6 is 0 Å². The smallest absolute Gasteiger partial charge is 0.181 e. The van der Waals surface area contributed by atoms with Gasteiger partial charge in [-0.3, -0.25) is 15.0 Å². The van der Waals surface area contributed by atoms with Gasteiger partial charge in [-0.05, 0) is 69.8 Å². The summed E-state index contributed by atoms with van der Waals surface area (Å²) in [5.41, 5.74) is 12.8. The van der Waals surface area contributed by atoms with E-state index >= 15 is 0 Å². The van der Waals surface area contributed by atoms with Crippen LogP contribution in [-0.4, -0.2) is 29.9 Å². The Morgan fingerprint density at radius 1 is 0.281 bits per heavy atom. The van der Waals surface area contributed by atoms with Crippen LogP contribution in [0.5, 0.6) is 0 Å². The largest absolute Gasteiger partial charge is 0.443 e. The van der Waals surface area contributed by atoms with E-state index in [0.717, 1.165) is 100 Å². The second-order valence-corrected chi connectivity index (χ2v) is 14.4. The summed E-state index contributed by atoms with van der Waals surface area (Å²) in [7, 11) is 0.